The van der Waals surface area contributed by atoms with Crippen molar-refractivity contribution in [2.75, 3.05) is 11.9 Å². The second kappa shape index (κ2) is 6.53. The molecule has 0 unspecified atom stereocenters. The lowest BCUT2D eigenvalue weighted by Crippen LogP contribution is -2.20. The van der Waals surface area contributed by atoms with Gasteiger partial charge in [0.25, 0.3) is 5.91 Å². The third-order valence-corrected chi connectivity index (χ3v) is 4.40. The zero-order valence-electron chi connectivity index (χ0n) is 11.3. The maximum Gasteiger partial charge on any atom is 0.306 e. The predicted molar refractivity (Wildman–Crippen MR) is 75.6 cm³/mol. The first-order valence-corrected chi connectivity index (χ1v) is 7.47. The molecule has 0 saturated heterocycles. The first kappa shape index (κ1) is 14.5. The molecule has 1 aromatic heterocycles. The predicted octanol–water partition coefficient (Wildman–Crippen LogP) is 2.39. The third-order valence-electron chi connectivity index (χ3n) is 3.19. The van der Waals surface area contributed by atoms with Gasteiger partial charge < -0.3 is 10.1 Å². The molecule has 0 fully saturated rings. The van der Waals surface area contributed by atoms with Crippen molar-refractivity contribution in [2.24, 2.45) is 0 Å². The quantitative estimate of drug-likeness (QED) is 0.864. The second-order valence-electron chi connectivity index (χ2n) is 4.59. The summed E-state index contributed by atoms with van der Waals surface area (Å²) < 4.78 is 4.77. The maximum atomic E-state index is 11.7. The number of nitrogens with zero attached hydrogens (tertiary/aromatic N) is 1. The molecule has 1 aromatic rings. The molecule has 1 heterocycles. The minimum Gasteiger partial charge on any atom is -0.456 e. The third kappa shape index (κ3) is 3.17. The van der Waals surface area contributed by atoms with Crippen LogP contribution in [0.2, 0.25) is 0 Å². The topological polar surface area (TPSA) is 79.2 Å². The molecule has 2 rings (SSSR count). The molecule has 106 valence electrons. The molecule has 0 radical (unpaired) electrons. The van der Waals surface area contributed by atoms with Crippen LogP contribution in [0.25, 0.3) is 0 Å². The first-order chi connectivity index (χ1) is 9.65. The summed E-state index contributed by atoms with van der Waals surface area (Å²) in [4.78, 5) is 23.9. The van der Waals surface area contributed by atoms with E-state index in [9.17, 15) is 14.9 Å². The van der Waals surface area contributed by atoms with Gasteiger partial charge in [0.05, 0.1) is 5.56 Å². The number of rotatable bonds is 4. The van der Waals surface area contributed by atoms with Crippen LogP contribution in [0.15, 0.2) is 0 Å². The van der Waals surface area contributed by atoms with Crippen molar-refractivity contribution in [3.05, 3.63) is 16.0 Å². The van der Waals surface area contributed by atoms with Gasteiger partial charge in [0, 0.05) is 11.3 Å². The van der Waals surface area contributed by atoms with Gasteiger partial charge in [0.15, 0.2) is 6.61 Å². The molecule has 1 amide bonds. The summed E-state index contributed by atoms with van der Waals surface area (Å²) in [5.74, 6) is -0.812. The number of thiophene rings is 1. The molecule has 1 aliphatic carbocycles. The minimum atomic E-state index is -0.411. The van der Waals surface area contributed by atoms with Crippen LogP contribution in [0.5, 0.6) is 0 Å². The van der Waals surface area contributed by atoms with Crippen LogP contribution in [0.1, 0.15) is 42.2 Å². The van der Waals surface area contributed by atoms with Crippen LogP contribution in [0.4, 0.5) is 5.00 Å². The number of nitriles is 1. The van der Waals surface area contributed by atoms with Crippen LogP contribution in [0.3, 0.4) is 0 Å². The van der Waals surface area contributed by atoms with Crippen LogP contribution in [-0.4, -0.2) is 18.5 Å². The number of hydrogen-bond donors (Lipinski definition) is 1. The highest BCUT2D eigenvalue weighted by atomic mass is 32.1. The summed E-state index contributed by atoms with van der Waals surface area (Å²) in [7, 11) is 0. The van der Waals surface area contributed by atoms with E-state index in [0.29, 0.717) is 10.6 Å². The van der Waals surface area contributed by atoms with E-state index in [0.717, 1.165) is 31.2 Å². The van der Waals surface area contributed by atoms with E-state index in [-0.39, 0.29) is 13.0 Å². The molecule has 0 aliphatic heterocycles. The van der Waals surface area contributed by atoms with Crippen molar-refractivity contribution in [3.8, 4) is 6.07 Å². The maximum absolute atomic E-state index is 11.7. The monoisotopic (exact) mass is 292 g/mol. The number of esters is 1. The Kier molecular flexibility index (Phi) is 4.74. The van der Waals surface area contributed by atoms with E-state index in [1.54, 1.807) is 6.92 Å². The van der Waals surface area contributed by atoms with Crippen LogP contribution in [-0.2, 0) is 27.2 Å². The summed E-state index contributed by atoms with van der Waals surface area (Å²) in [6, 6.07) is 2.17. The van der Waals surface area contributed by atoms with Gasteiger partial charge >= 0.3 is 5.97 Å². The molecule has 0 atom stereocenters. The fourth-order valence-electron chi connectivity index (χ4n) is 2.18. The summed E-state index contributed by atoms with van der Waals surface area (Å²) in [6.07, 6.45) is 4.31. The Hall–Kier alpha value is -1.87. The van der Waals surface area contributed by atoms with Gasteiger partial charge in [-0.3, -0.25) is 9.59 Å². The zero-order chi connectivity index (χ0) is 14.5. The van der Waals surface area contributed by atoms with Gasteiger partial charge in [-0.25, -0.2) is 0 Å². The number of carbonyl (C=O) groups excluding carboxylic acids is 2. The summed E-state index contributed by atoms with van der Waals surface area (Å²) in [5, 5.41) is 12.5. The molecule has 1 aliphatic rings. The highest BCUT2D eigenvalue weighted by molar-refractivity contribution is 7.16. The Balaban J connectivity index is 2.06. The van der Waals surface area contributed by atoms with E-state index in [4.69, 9.17) is 4.74 Å². The molecule has 0 bridgehead atoms. The number of nitrogens with one attached hydrogen (secondary N) is 1. The lowest BCUT2D eigenvalue weighted by Gasteiger charge is -2.09. The Morgan fingerprint density at radius 3 is 2.85 bits per heavy atom. The molecule has 0 saturated carbocycles. The fraction of sp³-hybridized carbons (Fsp3) is 0.500. The van der Waals surface area contributed by atoms with E-state index in [2.05, 4.69) is 11.4 Å². The van der Waals surface area contributed by atoms with Gasteiger partial charge in [0.2, 0.25) is 0 Å². The summed E-state index contributed by atoms with van der Waals surface area (Å²) in [6.45, 7) is 1.36. The largest absolute Gasteiger partial charge is 0.456 e. The summed E-state index contributed by atoms with van der Waals surface area (Å²) >= 11 is 1.46. The van der Waals surface area contributed by atoms with Gasteiger partial charge in [-0.2, -0.15) is 5.26 Å². The van der Waals surface area contributed by atoms with E-state index >= 15 is 0 Å². The molecular formula is C14H16N2O3S. The number of hydrogen-bond acceptors (Lipinski definition) is 5. The van der Waals surface area contributed by atoms with Crippen molar-refractivity contribution in [2.45, 2.75) is 39.0 Å². The van der Waals surface area contributed by atoms with Gasteiger partial charge in [0.1, 0.15) is 11.1 Å². The molecule has 6 heteroatoms. The lowest BCUT2D eigenvalue weighted by atomic mass is 9.96. The summed E-state index contributed by atoms with van der Waals surface area (Å²) in [5.41, 5.74) is 1.64. The smallest absolute Gasteiger partial charge is 0.306 e. The number of aryl methyl sites for hydroxylation is 1. The molecule has 0 spiro atoms. The molecule has 20 heavy (non-hydrogen) atoms. The minimum absolute atomic E-state index is 0.240. The Labute approximate surface area is 121 Å². The Morgan fingerprint density at radius 2 is 2.15 bits per heavy atom. The van der Waals surface area contributed by atoms with E-state index < -0.39 is 11.9 Å². The zero-order valence-corrected chi connectivity index (χ0v) is 12.1. The SMILES string of the molecule is CCC(=O)OCC(=O)Nc1sc2c(c1C#N)CCCC2. The van der Waals surface area contributed by atoms with Crippen LogP contribution < -0.4 is 5.32 Å². The van der Waals surface area contributed by atoms with E-state index in [1.807, 2.05) is 0 Å². The van der Waals surface area contributed by atoms with Gasteiger partial charge in [-0.05, 0) is 31.2 Å². The van der Waals surface area contributed by atoms with Crippen LogP contribution in [0, 0.1) is 11.3 Å². The molecule has 1 N–H and O–H groups in total. The average Bonchev–Trinajstić information content (AvgIpc) is 2.81. The normalized spacial score (nSPS) is 13.2. The lowest BCUT2D eigenvalue weighted by molar-refractivity contribution is -0.146. The van der Waals surface area contributed by atoms with E-state index in [1.165, 1.54) is 16.2 Å². The van der Waals surface area contributed by atoms with Crippen molar-refractivity contribution < 1.29 is 14.3 Å². The molecule has 0 aromatic carbocycles. The average molecular weight is 292 g/mol. The highest BCUT2D eigenvalue weighted by Crippen LogP contribution is 2.37. The van der Waals surface area contributed by atoms with Crippen LogP contribution >= 0.6 is 11.3 Å². The van der Waals surface area contributed by atoms with Crippen molar-refractivity contribution in [1.29, 1.82) is 5.26 Å². The number of fused-ring (bicyclic) bond motifs is 1. The fourth-order valence-corrected chi connectivity index (χ4v) is 3.44. The highest BCUT2D eigenvalue weighted by Gasteiger charge is 2.21. The van der Waals surface area contributed by atoms with Gasteiger partial charge in [-0.1, -0.05) is 6.92 Å². The first-order valence-electron chi connectivity index (χ1n) is 6.65. The number of ether oxygens (including phenoxy) is 1. The Morgan fingerprint density at radius 1 is 1.40 bits per heavy atom. The number of carbonyl (C=O) groups is 2. The number of amides is 1. The van der Waals surface area contributed by atoms with Crippen molar-refractivity contribution in [3.63, 3.8) is 0 Å². The van der Waals surface area contributed by atoms with Crippen molar-refractivity contribution in [1.82, 2.24) is 0 Å². The standard InChI is InChI=1S/C14H16N2O3S/c1-2-13(18)19-8-12(17)16-14-10(7-15)9-5-3-4-6-11(9)20-14/h2-6,8H2,1H3,(H,16,17). The molecule has 5 nitrogen and oxygen atoms in total. The second-order valence-corrected chi connectivity index (χ2v) is 5.69. The van der Waals surface area contributed by atoms with Crippen molar-refractivity contribution >= 4 is 28.2 Å². The molecular weight excluding hydrogens is 276 g/mol. The Bertz CT molecular complexity index is 572. The van der Waals surface area contributed by atoms with Gasteiger partial charge in [-0.15, -0.1) is 11.3 Å². The number of anilines is 1.